The van der Waals surface area contributed by atoms with Crippen LogP contribution in [0.15, 0.2) is 35.7 Å². The first-order chi connectivity index (χ1) is 11.4. The van der Waals surface area contributed by atoms with Crippen molar-refractivity contribution >= 4 is 16.8 Å². The summed E-state index contributed by atoms with van der Waals surface area (Å²) in [5, 5.41) is 2.21. The van der Waals surface area contributed by atoms with E-state index < -0.39 is 18.4 Å². The lowest BCUT2D eigenvalue weighted by molar-refractivity contribution is -0.0295. The Balaban J connectivity index is 1.69. The summed E-state index contributed by atoms with van der Waals surface area (Å²) >= 11 is 0. The van der Waals surface area contributed by atoms with Crippen molar-refractivity contribution in [3.05, 3.63) is 46.9 Å². The average Bonchev–Trinajstić information content (AvgIpc) is 3.05. The highest BCUT2D eigenvalue weighted by molar-refractivity contribution is 6.06. The van der Waals surface area contributed by atoms with Gasteiger partial charge in [0.1, 0.15) is 5.82 Å². The summed E-state index contributed by atoms with van der Waals surface area (Å²) in [6.07, 6.45) is -0.439. The summed E-state index contributed by atoms with van der Waals surface area (Å²) in [7, 11) is 0. The summed E-state index contributed by atoms with van der Waals surface area (Å²) < 4.78 is 27.3. The second-order valence-electron chi connectivity index (χ2n) is 6.53. The number of alkyl halides is 2. The van der Waals surface area contributed by atoms with Gasteiger partial charge in [0.25, 0.3) is 11.8 Å². The molecule has 126 valence electrons. The number of benzene rings is 1. The molecule has 2 aromatic rings. The van der Waals surface area contributed by atoms with Crippen LogP contribution in [0.5, 0.6) is 0 Å². The van der Waals surface area contributed by atoms with Gasteiger partial charge in [-0.3, -0.25) is 10.2 Å². The van der Waals surface area contributed by atoms with Gasteiger partial charge in [-0.15, -0.1) is 0 Å². The first kappa shape index (κ1) is 15.0. The SMILES string of the molecule is Cc1cc2c(C(=O)N3NC(N)=C4CC(F)(F)CCC43)cccc2[nH]1. The third kappa shape index (κ3) is 2.23. The van der Waals surface area contributed by atoms with Crippen molar-refractivity contribution in [2.24, 2.45) is 5.73 Å². The van der Waals surface area contributed by atoms with Crippen LogP contribution in [-0.2, 0) is 0 Å². The summed E-state index contributed by atoms with van der Waals surface area (Å²) in [5.74, 6) is -2.84. The molecule has 0 spiro atoms. The molecule has 2 aliphatic rings. The lowest BCUT2D eigenvalue weighted by Gasteiger charge is -2.32. The number of hydrogen-bond acceptors (Lipinski definition) is 3. The van der Waals surface area contributed by atoms with Crippen LogP contribution in [0.1, 0.15) is 35.3 Å². The van der Waals surface area contributed by atoms with Crippen LogP contribution in [-0.4, -0.2) is 27.9 Å². The topological polar surface area (TPSA) is 74.2 Å². The van der Waals surface area contributed by atoms with Gasteiger partial charge in [-0.2, -0.15) is 0 Å². The van der Waals surface area contributed by atoms with E-state index in [1.807, 2.05) is 19.1 Å². The van der Waals surface area contributed by atoms with Gasteiger partial charge in [-0.1, -0.05) is 6.07 Å². The van der Waals surface area contributed by atoms with Crippen molar-refractivity contribution in [3.8, 4) is 0 Å². The predicted octanol–water partition coefficient (Wildman–Crippen LogP) is 2.79. The molecule has 1 unspecified atom stereocenters. The molecule has 1 aromatic carbocycles. The van der Waals surface area contributed by atoms with Crippen molar-refractivity contribution < 1.29 is 13.6 Å². The van der Waals surface area contributed by atoms with Crippen molar-refractivity contribution in [3.63, 3.8) is 0 Å². The average molecular weight is 332 g/mol. The number of carbonyl (C=O) groups excluding carboxylic acids is 1. The summed E-state index contributed by atoms with van der Waals surface area (Å²) in [5.41, 5.74) is 11.4. The van der Waals surface area contributed by atoms with Crippen LogP contribution in [0.3, 0.4) is 0 Å². The highest BCUT2D eigenvalue weighted by atomic mass is 19.3. The minimum absolute atomic E-state index is 0.171. The molecule has 1 aliphatic carbocycles. The van der Waals surface area contributed by atoms with Gasteiger partial charge in [0.15, 0.2) is 0 Å². The monoisotopic (exact) mass is 332 g/mol. The Morgan fingerprint density at radius 3 is 3.00 bits per heavy atom. The number of H-pyrrole nitrogens is 1. The zero-order valence-corrected chi connectivity index (χ0v) is 13.2. The molecule has 4 N–H and O–H groups in total. The Kier molecular flexibility index (Phi) is 3.10. The molecule has 1 atom stereocenters. The van der Waals surface area contributed by atoms with Gasteiger partial charge >= 0.3 is 0 Å². The summed E-state index contributed by atoms with van der Waals surface area (Å²) in [6.45, 7) is 1.92. The fourth-order valence-corrected chi connectivity index (χ4v) is 3.65. The minimum atomic E-state index is -2.76. The van der Waals surface area contributed by atoms with Crippen molar-refractivity contribution in [1.29, 1.82) is 0 Å². The molecule has 1 aromatic heterocycles. The van der Waals surface area contributed by atoms with Gasteiger partial charge in [0, 0.05) is 35.0 Å². The Labute approximate surface area is 137 Å². The smallest absolute Gasteiger partial charge is 0.273 e. The zero-order chi connectivity index (χ0) is 17.1. The predicted molar refractivity (Wildman–Crippen MR) is 86.1 cm³/mol. The number of aromatic nitrogens is 1. The van der Waals surface area contributed by atoms with E-state index in [-0.39, 0.29) is 24.6 Å². The van der Waals surface area contributed by atoms with Crippen molar-refractivity contribution in [2.75, 3.05) is 0 Å². The highest BCUT2D eigenvalue weighted by Crippen LogP contribution is 2.41. The number of rotatable bonds is 1. The van der Waals surface area contributed by atoms with Crippen molar-refractivity contribution in [2.45, 2.75) is 38.2 Å². The Hall–Kier alpha value is -2.57. The number of hydrazine groups is 1. The number of nitrogens with zero attached hydrogens (tertiary/aromatic N) is 1. The van der Waals surface area contributed by atoms with E-state index in [1.54, 1.807) is 12.1 Å². The van der Waals surface area contributed by atoms with E-state index in [2.05, 4.69) is 10.4 Å². The number of hydrogen-bond donors (Lipinski definition) is 3. The second-order valence-corrected chi connectivity index (χ2v) is 6.53. The number of aromatic amines is 1. The summed E-state index contributed by atoms with van der Waals surface area (Å²) in [6, 6.07) is 6.94. The Bertz CT molecular complexity index is 871. The van der Waals surface area contributed by atoms with E-state index in [0.717, 1.165) is 16.6 Å². The standard InChI is InChI=1S/C17H18F2N4O/c1-9-7-11-10(3-2-4-13(11)21-9)16(24)23-14-5-6-17(18,19)8-12(14)15(20)22-23/h2-4,7,14,21-22H,5-6,8,20H2,1H3. The lowest BCUT2D eigenvalue weighted by Crippen LogP contribution is -2.46. The largest absolute Gasteiger partial charge is 0.384 e. The molecule has 24 heavy (non-hydrogen) atoms. The highest BCUT2D eigenvalue weighted by Gasteiger charge is 2.46. The Morgan fingerprint density at radius 2 is 2.21 bits per heavy atom. The van der Waals surface area contributed by atoms with Crippen LogP contribution in [0, 0.1) is 6.92 Å². The number of fused-ring (bicyclic) bond motifs is 2. The fourth-order valence-electron chi connectivity index (χ4n) is 3.65. The summed E-state index contributed by atoms with van der Waals surface area (Å²) in [4.78, 5) is 16.2. The number of nitrogens with two attached hydrogens (primary N) is 1. The van der Waals surface area contributed by atoms with Crippen LogP contribution in [0.25, 0.3) is 10.9 Å². The molecule has 0 saturated heterocycles. The fraction of sp³-hybridized carbons (Fsp3) is 0.353. The van der Waals surface area contributed by atoms with Gasteiger partial charge in [0.2, 0.25) is 0 Å². The van der Waals surface area contributed by atoms with Crippen LogP contribution >= 0.6 is 0 Å². The molecule has 2 heterocycles. The molecule has 7 heteroatoms. The van der Waals surface area contributed by atoms with E-state index in [9.17, 15) is 13.6 Å². The third-order valence-electron chi connectivity index (χ3n) is 4.78. The van der Waals surface area contributed by atoms with Gasteiger partial charge in [-0.05, 0) is 31.5 Å². The molecule has 5 nitrogen and oxygen atoms in total. The normalized spacial score (nSPS) is 22.6. The van der Waals surface area contributed by atoms with Crippen LogP contribution in [0.2, 0.25) is 0 Å². The first-order valence-corrected chi connectivity index (χ1v) is 7.91. The molecule has 4 rings (SSSR count). The number of carbonyl (C=O) groups is 1. The maximum Gasteiger partial charge on any atom is 0.273 e. The van der Waals surface area contributed by atoms with E-state index in [1.165, 1.54) is 5.01 Å². The zero-order valence-electron chi connectivity index (χ0n) is 13.2. The van der Waals surface area contributed by atoms with E-state index >= 15 is 0 Å². The van der Waals surface area contributed by atoms with Gasteiger partial charge in [-0.25, -0.2) is 13.8 Å². The number of halogens is 2. The third-order valence-corrected chi connectivity index (χ3v) is 4.78. The second kappa shape index (κ2) is 4.96. The first-order valence-electron chi connectivity index (χ1n) is 7.91. The molecular weight excluding hydrogens is 314 g/mol. The molecule has 0 radical (unpaired) electrons. The van der Waals surface area contributed by atoms with Crippen LogP contribution < -0.4 is 11.2 Å². The lowest BCUT2D eigenvalue weighted by atomic mass is 9.87. The van der Waals surface area contributed by atoms with Gasteiger partial charge in [0.05, 0.1) is 11.6 Å². The van der Waals surface area contributed by atoms with E-state index in [0.29, 0.717) is 11.1 Å². The quantitative estimate of drug-likeness (QED) is 0.752. The van der Waals surface area contributed by atoms with E-state index in [4.69, 9.17) is 5.73 Å². The number of amides is 1. The number of aryl methyl sites for hydroxylation is 1. The Morgan fingerprint density at radius 1 is 1.42 bits per heavy atom. The number of nitrogens with one attached hydrogen (secondary N) is 2. The molecule has 1 aliphatic heterocycles. The van der Waals surface area contributed by atoms with Crippen LogP contribution in [0.4, 0.5) is 8.78 Å². The molecule has 1 amide bonds. The minimum Gasteiger partial charge on any atom is -0.384 e. The molecule has 0 bridgehead atoms. The maximum absolute atomic E-state index is 13.7. The van der Waals surface area contributed by atoms with Gasteiger partial charge < -0.3 is 10.7 Å². The molecule has 1 fully saturated rings. The van der Waals surface area contributed by atoms with Crippen molar-refractivity contribution in [1.82, 2.24) is 15.4 Å². The molecule has 1 saturated carbocycles. The maximum atomic E-state index is 13.7. The molecular formula is C17H18F2N4O.